The van der Waals surface area contributed by atoms with Gasteiger partial charge in [-0.15, -0.1) is 0 Å². The van der Waals surface area contributed by atoms with E-state index in [1.165, 1.54) is 101 Å². The number of aliphatic hydroxyl groups excluding tert-OH is 1. The number of carboxylic acids is 1. The zero-order valence-electron chi connectivity index (χ0n) is 18.9. The van der Waals surface area contributed by atoms with Crippen molar-refractivity contribution in [3.8, 4) is 0 Å². The number of nitrogens with zero attached hydrogens (tertiary/aromatic N) is 1. The summed E-state index contributed by atoms with van der Waals surface area (Å²) in [5.74, 6) is -1.12. The third-order valence-electron chi connectivity index (χ3n) is 5.06. The van der Waals surface area contributed by atoms with Gasteiger partial charge in [0.15, 0.2) is 0 Å². The summed E-state index contributed by atoms with van der Waals surface area (Å²) in [4.78, 5) is 10.6. The Balaban J connectivity index is 0. The summed E-state index contributed by atoms with van der Waals surface area (Å²) >= 11 is 0. The van der Waals surface area contributed by atoms with E-state index in [9.17, 15) is 9.90 Å². The molecule has 0 aliphatic heterocycles. The Bertz CT molecular complexity index is 320. The quantitative estimate of drug-likeness (QED) is 0.157. The van der Waals surface area contributed by atoms with Gasteiger partial charge in [0.25, 0.3) is 0 Å². The van der Waals surface area contributed by atoms with Gasteiger partial charge < -0.3 is 15.0 Å². The molecule has 0 aromatic carbocycles. The van der Waals surface area contributed by atoms with E-state index >= 15 is 0 Å². The van der Waals surface area contributed by atoms with Crippen LogP contribution in [0.4, 0.5) is 0 Å². The van der Waals surface area contributed by atoms with Crippen molar-refractivity contribution < 1.29 is 44.6 Å². The van der Waals surface area contributed by atoms with Crippen LogP contribution in [0.2, 0.25) is 0 Å². The number of carbonyl (C=O) groups excluding carboxylic acids is 1. The van der Waals surface area contributed by atoms with Crippen molar-refractivity contribution in [3.63, 3.8) is 0 Å². The molecule has 162 valence electrons. The Morgan fingerprint density at radius 3 is 1.54 bits per heavy atom. The van der Waals surface area contributed by atoms with Crippen molar-refractivity contribution in [3.05, 3.63) is 0 Å². The summed E-state index contributed by atoms with van der Waals surface area (Å²) in [7, 11) is 0. The molecule has 0 aliphatic carbocycles. The van der Waals surface area contributed by atoms with Crippen LogP contribution in [0.3, 0.4) is 0 Å². The first-order valence-electron chi connectivity index (χ1n) is 11.5. The third kappa shape index (κ3) is 24.4. The first-order chi connectivity index (χ1) is 13.2. The van der Waals surface area contributed by atoms with Crippen LogP contribution in [-0.4, -0.2) is 42.3 Å². The number of carboxylic acid groups (broad SMARTS) is 1. The maximum Gasteiger partial charge on any atom is 1.00 e. The molecule has 0 aliphatic rings. The fraction of sp³-hybridized carbons (Fsp3) is 0.955. The molecule has 5 nitrogen and oxygen atoms in total. The van der Waals surface area contributed by atoms with E-state index in [0.29, 0.717) is 6.54 Å². The number of hydrazine groups is 1. The SMILES string of the molecule is CCCCCCCCCCCCCCCCCCNN(CCO)CC(=O)[O-].[Na+]. The number of hydrogen-bond acceptors (Lipinski definition) is 5. The summed E-state index contributed by atoms with van der Waals surface area (Å²) in [6, 6.07) is 0. The van der Waals surface area contributed by atoms with Gasteiger partial charge in [0, 0.05) is 13.1 Å². The Morgan fingerprint density at radius 1 is 0.786 bits per heavy atom. The van der Waals surface area contributed by atoms with Crippen LogP contribution in [0.1, 0.15) is 110 Å². The summed E-state index contributed by atoms with van der Waals surface area (Å²) in [5, 5.41) is 21.0. The van der Waals surface area contributed by atoms with E-state index in [2.05, 4.69) is 12.3 Å². The Hall–Kier alpha value is 0.350. The Labute approximate surface area is 196 Å². The van der Waals surface area contributed by atoms with Gasteiger partial charge in [-0.1, -0.05) is 103 Å². The van der Waals surface area contributed by atoms with E-state index in [0.717, 1.165) is 13.0 Å². The van der Waals surface area contributed by atoms with Gasteiger partial charge in [-0.3, -0.25) is 5.43 Å². The normalized spacial score (nSPS) is 11.0. The van der Waals surface area contributed by atoms with Crippen molar-refractivity contribution in [2.45, 2.75) is 110 Å². The molecule has 0 unspecified atom stereocenters. The monoisotopic (exact) mass is 408 g/mol. The molecule has 0 saturated carbocycles. The molecule has 0 atom stereocenters. The van der Waals surface area contributed by atoms with Crippen LogP contribution >= 0.6 is 0 Å². The second kappa shape index (κ2) is 25.4. The summed E-state index contributed by atoms with van der Waals surface area (Å²) in [5.41, 5.74) is 3.05. The molecule has 0 rings (SSSR count). The van der Waals surface area contributed by atoms with Gasteiger partial charge in [-0.2, -0.15) is 0 Å². The van der Waals surface area contributed by atoms with Crippen molar-refractivity contribution in [2.24, 2.45) is 0 Å². The topological polar surface area (TPSA) is 75.6 Å². The van der Waals surface area contributed by atoms with Gasteiger partial charge in [0.2, 0.25) is 0 Å². The largest absolute Gasteiger partial charge is 1.00 e. The second-order valence-corrected chi connectivity index (χ2v) is 7.73. The molecule has 28 heavy (non-hydrogen) atoms. The zero-order chi connectivity index (χ0) is 20.0. The van der Waals surface area contributed by atoms with Crippen LogP contribution in [-0.2, 0) is 4.79 Å². The average Bonchev–Trinajstić information content (AvgIpc) is 2.64. The predicted octanol–water partition coefficient (Wildman–Crippen LogP) is 0.801. The molecule has 6 heteroatoms. The number of nitrogens with one attached hydrogen (secondary N) is 1. The molecule has 0 heterocycles. The van der Waals surface area contributed by atoms with Crippen molar-refractivity contribution in [2.75, 3.05) is 26.2 Å². The van der Waals surface area contributed by atoms with Gasteiger partial charge in [0.1, 0.15) is 0 Å². The first kappa shape index (κ1) is 30.5. The molecule has 0 aromatic rings. The van der Waals surface area contributed by atoms with Crippen molar-refractivity contribution in [1.29, 1.82) is 0 Å². The minimum Gasteiger partial charge on any atom is -0.549 e. The van der Waals surface area contributed by atoms with E-state index in [1.807, 2.05) is 0 Å². The van der Waals surface area contributed by atoms with E-state index < -0.39 is 5.97 Å². The maximum atomic E-state index is 10.6. The number of unbranched alkanes of at least 4 members (excludes halogenated alkanes) is 15. The van der Waals surface area contributed by atoms with Gasteiger partial charge >= 0.3 is 29.6 Å². The van der Waals surface area contributed by atoms with Gasteiger partial charge in [-0.05, 0) is 6.42 Å². The fourth-order valence-corrected chi connectivity index (χ4v) is 3.40. The minimum absolute atomic E-state index is 0. The van der Waals surface area contributed by atoms with Crippen LogP contribution in [0.5, 0.6) is 0 Å². The Kier molecular flexibility index (Phi) is 27.7. The molecule has 0 fully saturated rings. The summed E-state index contributed by atoms with van der Waals surface area (Å²) in [6.45, 7) is 3.10. The molecule has 0 amide bonds. The number of hydrogen-bond donors (Lipinski definition) is 2. The molecule has 0 radical (unpaired) electrons. The van der Waals surface area contributed by atoms with E-state index in [1.54, 1.807) is 0 Å². The predicted molar refractivity (Wildman–Crippen MR) is 111 cm³/mol. The number of rotatable bonds is 22. The van der Waals surface area contributed by atoms with Crippen molar-refractivity contribution in [1.82, 2.24) is 10.4 Å². The fourth-order valence-electron chi connectivity index (χ4n) is 3.40. The van der Waals surface area contributed by atoms with Gasteiger partial charge in [-0.25, -0.2) is 5.01 Å². The third-order valence-corrected chi connectivity index (χ3v) is 5.06. The number of aliphatic hydroxyl groups is 1. The second-order valence-electron chi connectivity index (χ2n) is 7.73. The van der Waals surface area contributed by atoms with Crippen LogP contribution < -0.4 is 40.1 Å². The minimum atomic E-state index is -1.12. The molecule has 0 saturated heterocycles. The summed E-state index contributed by atoms with van der Waals surface area (Å²) < 4.78 is 0. The molecule has 0 bridgehead atoms. The van der Waals surface area contributed by atoms with Crippen molar-refractivity contribution >= 4 is 5.97 Å². The first-order valence-corrected chi connectivity index (χ1v) is 11.5. The summed E-state index contributed by atoms with van der Waals surface area (Å²) in [6.07, 6.45) is 21.5. The molecule has 0 spiro atoms. The zero-order valence-corrected chi connectivity index (χ0v) is 20.9. The number of carbonyl (C=O) groups is 1. The standard InChI is InChI=1S/C22H46N2O3.Na/c1-2-3-4-5-6-7-8-9-10-11-12-13-14-15-16-17-18-23-24(19-20-25)21-22(26)27;/h23,25H,2-21H2,1H3,(H,26,27);/q;+1/p-1. The molecular weight excluding hydrogens is 363 g/mol. The average molecular weight is 409 g/mol. The van der Waals surface area contributed by atoms with E-state index in [4.69, 9.17) is 5.11 Å². The smallest absolute Gasteiger partial charge is 0.549 e. The van der Waals surface area contributed by atoms with Gasteiger partial charge in [0.05, 0.1) is 19.1 Å². The van der Waals surface area contributed by atoms with E-state index in [-0.39, 0.29) is 42.7 Å². The maximum absolute atomic E-state index is 10.6. The van der Waals surface area contributed by atoms with Crippen LogP contribution in [0.15, 0.2) is 0 Å². The number of aliphatic carboxylic acids is 1. The Morgan fingerprint density at radius 2 is 1.18 bits per heavy atom. The molecule has 0 aromatic heterocycles. The van der Waals surface area contributed by atoms with Crippen LogP contribution in [0.25, 0.3) is 0 Å². The van der Waals surface area contributed by atoms with Crippen LogP contribution in [0, 0.1) is 0 Å². The molecular formula is C22H45N2NaO3. The molecule has 2 N–H and O–H groups in total.